The standard InChI is InChI=1S/C19H22O3/c1-18-8-7-12(20)9-11(18)3-4-13-14-5-6-16(22)19(14,2)10-15(21)17(13)18/h7-9,13-14,17H,3-6,10H2,1-2H3/t13-,14-,17+,18+,19-/m1/s1. The molecule has 4 aliphatic carbocycles. The zero-order chi connectivity index (χ0) is 15.7. The summed E-state index contributed by atoms with van der Waals surface area (Å²) in [4.78, 5) is 37.0. The molecular formula is C19H22O3. The predicted molar refractivity (Wildman–Crippen MR) is 82.0 cm³/mol. The minimum atomic E-state index is -0.427. The van der Waals surface area contributed by atoms with Crippen LogP contribution in [0.25, 0.3) is 0 Å². The summed E-state index contributed by atoms with van der Waals surface area (Å²) in [6, 6.07) is 0. The number of rotatable bonds is 0. The van der Waals surface area contributed by atoms with Crippen LogP contribution in [-0.2, 0) is 14.4 Å². The molecule has 3 fully saturated rings. The lowest BCUT2D eigenvalue weighted by molar-refractivity contribution is -0.147. The minimum Gasteiger partial charge on any atom is -0.299 e. The lowest BCUT2D eigenvalue weighted by Gasteiger charge is -2.54. The van der Waals surface area contributed by atoms with Crippen LogP contribution in [0.1, 0.15) is 46.0 Å². The minimum absolute atomic E-state index is 0.0371. The van der Waals surface area contributed by atoms with E-state index in [0.29, 0.717) is 18.8 Å². The lowest BCUT2D eigenvalue weighted by Crippen LogP contribution is -2.54. The Kier molecular flexibility index (Phi) is 2.74. The summed E-state index contributed by atoms with van der Waals surface area (Å²) in [6.45, 7) is 4.12. The zero-order valence-corrected chi connectivity index (χ0v) is 13.2. The summed E-state index contributed by atoms with van der Waals surface area (Å²) in [7, 11) is 0. The molecule has 116 valence electrons. The number of fused-ring (bicyclic) bond motifs is 5. The van der Waals surface area contributed by atoms with Crippen LogP contribution in [0.4, 0.5) is 0 Å². The first-order valence-electron chi connectivity index (χ1n) is 8.36. The van der Waals surface area contributed by atoms with E-state index in [0.717, 1.165) is 24.8 Å². The number of carbonyl (C=O) groups is 3. The normalized spacial score (nSPS) is 46.9. The van der Waals surface area contributed by atoms with Crippen LogP contribution < -0.4 is 0 Å². The molecule has 0 heterocycles. The molecule has 0 aliphatic heterocycles. The zero-order valence-electron chi connectivity index (χ0n) is 13.2. The van der Waals surface area contributed by atoms with Crippen molar-refractivity contribution < 1.29 is 14.4 Å². The van der Waals surface area contributed by atoms with Crippen molar-refractivity contribution in [3.05, 3.63) is 23.8 Å². The summed E-state index contributed by atoms with van der Waals surface area (Å²) in [5.74, 6) is 1.12. The maximum atomic E-state index is 13.0. The van der Waals surface area contributed by atoms with Crippen molar-refractivity contribution in [1.29, 1.82) is 0 Å². The van der Waals surface area contributed by atoms with Crippen LogP contribution in [0.5, 0.6) is 0 Å². The second-order valence-electron chi connectivity index (χ2n) is 8.00. The molecule has 3 nitrogen and oxygen atoms in total. The van der Waals surface area contributed by atoms with Gasteiger partial charge in [0.15, 0.2) is 5.78 Å². The molecule has 4 rings (SSSR count). The van der Waals surface area contributed by atoms with Crippen molar-refractivity contribution in [1.82, 2.24) is 0 Å². The third-order valence-corrected chi connectivity index (χ3v) is 6.97. The van der Waals surface area contributed by atoms with Crippen LogP contribution in [0, 0.1) is 28.6 Å². The first kappa shape index (κ1) is 14.1. The molecule has 0 radical (unpaired) electrons. The highest BCUT2D eigenvalue weighted by molar-refractivity contribution is 6.02. The van der Waals surface area contributed by atoms with Crippen molar-refractivity contribution in [2.75, 3.05) is 0 Å². The molecule has 22 heavy (non-hydrogen) atoms. The molecular weight excluding hydrogens is 276 g/mol. The van der Waals surface area contributed by atoms with Gasteiger partial charge in [-0.2, -0.15) is 0 Å². The van der Waals surface area contributed by atoms with E-state index < -0.39 is 5.41 Å². The smallest absolute Gasteiger partial charge is 0.178 e. The third-order valence-electron chi connectivity index (χ3n) is 6.97. The number of carbonyl (C=O) groups excluding carboxylic acids is 3. The maximum Gasteiger partial charge on any atom is 0.178 e. The molecule has 3 heteroatoms. The second-order valence-corrected chi connectivity index (χ2v) is 8.00. The van der Waals surface area contributed by atoms with Crippen LogP contribution in [0.2, 0.25) is 0 Å². The highest BCUT2D eigenvalue weighted by Gasteiger charge is 2.61. The Bertz CT molecular complexity index is 656. The topological polar surface area (TPSA) is 51.2 Å². The second kappa shape index (κ2) is 4.27. The van der Waals surface area contributed by atoms with Crippen molar-refractivity contribution in [3.8, 4) is 0 Å². The van der Waals surface area contributed by atoms with Gasteiger partial charge in [0, 0.05) is 29.6 Å². The number of ketones is 3. The van der Waals surface area contributed by atoms with E-state index in [1.807, 2.05) is 13.0 Å². The van der Waals surface area contributed by atoms with Gasteiger partial charge in [-0.25, -0.2) is 0 Å². The highest BCUT2D eigenvalue weighted by Crippen LogP contribution is 2.62. The Hall–Kier alpha value is -1.51. The van der Waals surface area contributed by atoms with E-state index in [4.69, 9.17) is 0 Å². The van der Waals surface area contributed by atoms with Gasteiger partial charge < -0.3 is 0 Å². The van der Waals surface area contributed by atoms with Crippen LogP contribution in [0.3, 0.4) is 0 Å². The fourth-order valence-corrected chi connectivity index (χ4v) is 5.81. The summed E-state index contributed by atoms with van der Waals surface area (Å²) in [5, 5.41) is 0. The molecule has 0 aromatic heterocycles. The van der Waals surface area contributed by atoms with Gasteiger partial charge in [0.2, 0.25) is 0 Å². The van der Waals surface area contributed by atoms with Crippen molar-refractivity contribution >= 4 is 17.3 Å². The quantitative estimate of drug-likeness (QED) is 0.690. The molecule has 0 amide bonds. The molecule has 0 unspecified atom stereocenters. The summed E-state index contributed by atoms with van der Waals surface area (Å²) < 4.78 is 0. The van der Waals surface area contributed by atoms with Crippen molar-refractivity contribution in [2.24, 2.45) is 28.6 Å². The summed E-state index contributed by atoms with van der Waals surface area (Å²) in [6.07, 6.45) is 9.08. The number of hydrogen-bond donors (Lipinski definition) is 0. The van der Waals surface area contributed by atoms with Gasteiger partial charge in [0.05, 0.1) is 0 Å². The van der Waals surface area contributed by atoms with E-state index >= 15 is 0 Å². The molecule has 3 saturated carbocycles. The van der Waals surface area contributed by atoms with E-state index in [-0.39, 0.29) is 34.6 Å². The van der Waals surface area contributed by atoms with Crippen molar-refractivity contribution in [2.45, 2.75) is 46.0 Å². The Morgan fingerprint density at radius 2 is 1.86 bits per heavy atom. The first-order chi connectivity index (χ1) is 10.4. The van der Waals surface area contributed by atoms with Gasteiger partial charge in [0.25, 0.3) is 0 Å². The third kappa shape index (κ3) is 1.60. The SMILES string of the molecule is C[C@]12C=CC(=O)C=C1CC[C@H]1[C@H]2C(=O)C[C@@]2(C)C(=O)CC[C@H]12. The molecule has 0 saturated heterocycles. The van der Waals surface area contributed by atoms with Crippen LogP contribution in [-0.4, -0.2) is 17.3 Å². The van der Waals surface area contributed by atoms with E-state index in [2.05, 4.69) is 6.92 Å². The molecule has 0 spiro atoms. The molecule has 4 aliphatic rings. The van der Waals surface area contributed by atoms with Gasteiger partial charge in [0.1, 0.15) is 11.6 Å². The Morgan fingerprint density at radius 1 is 1.09 bits per heavy atom. The fourth-order valence-electron chi connectivity index (χ4n) is 5.81. The lowest BCUT2D eigenvalue weighted by atomic mass is 9.48. The van der Waals surface area contributed by atoms with E-state index in [9.17, 15) is 14.4 Å². The van der Waals surface area contributed by atoms with E-state index in [1.54, 1.807) is 12.2 Å². The van der Waals surface area contributed by atoms with Gasteiger partial charge >= 0.3 is 0 Å². The number of Topliss-reactive ketones (excluding diaryl/α,β-unsaturated/α-hetero) is 2. The van der Waals surface area contributed by atoms with Gasteiger partial charge in [-0.15, -0.1) is 0 Å². The highest BCUT2D eigenvalue weighted by atomic mass is 16.1. The fraction of sp³-hybridized carbons (Fsp3) is 0.632. The first-order valence-corrected chi connectivity index (χ1v) is 8.36. The van der Waals surface area contributed by atoms with Gasteiger partial charge in [-0.05, 0) is 43.3 Å². The maximum absolute atomic E-state index is 13.0. The van der Waals surface area contributed by atoms with Crippen LogP contribution in [0.15, 0.2) is 23.8 Å². The van der Waals surface area contributed by atoms with E-state index in [1.165, 1.54) is 0 Å². The summed E-state index contributed by atoms with van der Waals surface area (Å²) >= 11 is 0. The largest absolute Gasteiger partial charge is 0.299 e. The Morgan fingerprint density at radius 3 is 2.64 bits per heavy atom. The Labute approximate surface area is 130 Å². The Balaban J connectivity index is 1.79. The monoisotopic (exact) mass is 298 g/mol. The van der Waals surface area contributed by atoms with Crippen molar-refractivity contribution in [3.63, 3.8) is 0 Å². The molecule has 0 aromatic rings. The molecule has 0 N–H and O–H groups in total. The molecule has 5 atom stereocenters. The molecule has 0 bridgehead atoms. The molecule has 0 aromatic carbocycles. The van der Waals surface area contributed by atoms with Gasteiger partial charge in [-0.3, -0.25) is 14.4 Å². The van der Waals surface area contributed by atoms with Crippen LogP contribution >= 0.6 is 0 Å². The van der Waals surface area contributed by atoms with Gasteiger partial charge in [-0.1, -0.05) is 25.5 Å². The average molecular weight is 298 g/mol. The summed E-state index contributed by atoms with van der Waals surface area (Å²) in [5.41, 5.74) is 0.368. The number of hydrogen-bond acceptors (Lipinski definition) is 3. The average Bonchev–Trinajstić information content (AvgIpc) is 2.75. The predicted octanol–water partition coefficient (Wildman–Crippen LogP) is 3.04. The number of allylic oxidation sites excluding steroid dienone is 4.